The van der Waals surface area contributed by atoms with Gasteiger partial charge in [-0.1, -0.05) is 187 Å². The predicted octanol–water partition coefficient (Wildman–Crippen LogP) is 18.5. The van der Waals surface area contributed by atoms with Crippen LogP contribution >= 0.6 is 69.7 Å². The van der Waals surface area contributed by atoms with E-state index in [-0.39, 0.29) is 60.5 Å². The van der Waals surface area contributed by atoms with E-state index in [9.17, 15) is 34.1 Å². The van der Waals surface area contributed by atoms with Gasteiger partial charge in [0.25, 0.3) is 0 Å². The number of guanidine groups is 1. The first-order valence-electron chi connectivity index (χ1n) is 43.0. The maximum absolute atomic E-state index is 14.4. The lowest BCUT2D eigenvalue weighted by atomic mass is 9.91. The first-order chi connectivity index (χ1) is 63.0. The molecule has 0 fully saturated rings. The smallest absolute Gasteiger partial charge is 0.304 e. The molecule has 0 saturated heterocycles. The number of nitrogens with two attached hydrogens (primary N) is 2. The number of nitrogens with one attached hydrogen (secondary N) is 3. The van der Waals surface area contributed by atoms with Gasteiger partial charge in [-0.25, -0.2) is 4.39 Å². The number of aromatic hydroxyl groups is 2. The molecule has 694 valence electrons. The number of nitrogens with zero attached hydrogens (tertiary/aromatic N) is 10. The van der Waals surface area contributed by atoms with Crippen LogP contribution in [0.4, 0.5) is 15.8 Å². The summed E-state index contributed by atoms with van der Waals surface area (Å²) in [6.07, 6.45) is 5.03. The van der Waals surface area contributed by atoms with Gasteiger partial charge in [-0.3, -0.25) is 34.3 Å². The highest BCUT2D eigenvalue weighted by atomic mass is 35.5. The first-order valence-corrected chi connectivity index (χ1v) is 45.6. The summed E-state index contributed by atoms with van der Waals surface area (Å²) in [4.78, 5) is 59.8. The maximum atomic E-state index is 14.4. The zero-order valence-corrected chi connectivity index (χ0v) is 79.4. The number of hydrogen-bond donors (Lipinski definition) is 10. The topological polar surface area (TPSA) is 339 Å². The third kappa shape index (κ3) is 34.7. The third-order valence-corrected chi connectivity index (χ3v) is 23.2. The number of phenolic OH excluding ortho intramolecular Hbond substituents is 2. The van der Waals surface area contributed by atoms with Crippen molar-refractivity contribution in [2.45, 2.75) is 88.9 Å². The van der Waals surface area contributed by atoms with Crippen molar-refractivity contribution in [2.75, 3.05) is 124 Å². The van der Waals surface area contributed by atoms with Gasteiger partial charge in [0.05, 0.1) is 71.6 Å². The zero-order valence-electron chi connectivity index (χ0n) is 74.8. The summed E-state index contributed by atoms with van der Waals surface area (Å²) >= 11 is 30.9. The number of likely N-dealkylation sites (N-methyl/N-ethyl adjacent to an activating group) is 2. The highest BCUT2D eigenvalue weighted by Gasteiger charge is 2.32. The van der Waals surface area contributed by atoms with E-state index in [1.807, 2.05) is 149 Å². The van der Waals surface area contributed by atoms with Crippen LogP contribution in [-0.4, -0.2) is 208 Å². The molecule has 24 nitrogen and oxygen atoms in total. The van der Waals surface area contributed by atoms with E-state index >= 15 is 0 Å². The van der Waals surface area contributed by atoms with E-state index in [1.165, 1.54) is 23.4 Å². The maximum Gasteiger partial charge on any atom is 0.304 e. The number of ether oxygens (including phenoxy) is 1. The Hall–Kier alpha value is -10.9. The quantitative estimate of drug-likeness (QED) is 0.0187. The van der Waals surface area contributed by atoms with E-state index in [2.05, 4.69) is 125 Å². The molecule has 14 rings (SSSR count). The monoisotopic (exact) mass is 1900 g/mol. The second-order valence-corrected chi connectivity index (χ2v) is 34.0. The Morgan fingerprint density at radius 2 is 1.18 bits per heavy atom. The number of aliphatic carboxylic acids is 2. The molecule has 12 aromatic rings. The number of aliphatic imine (C=N–C) groups is 2. The van der Waals surface area contributed by atoms with Crippen molar-refractivity contribution in [1.29, 1.82) is 0 Å². The molecule has 9 aromatic carbocycles. The van der Waals surface area contributed by atoms with Crippen molar-refractivity contribution in [3.63, 3.8) is 0 Å². The number of hydrogen-bond acceptors (Lipinski definition) is 22. The number of carbonyl (C=O) groups excluding carboxylic acids is 1. The molecule has 5 heterocycles. The number of fused-ring (bicyclic) bond motifs is 2. The van der Waals surface area contributed by atoms with Crippen molar-refractivity contribution in [2.24, 2.45) is 21.5 Å². The number of benzodiazepines with no additional fused rings is 1. The SMILES string of the molecule is CCN(CC)CCN1C(=O)CN=C(c2ccccc2F)c2cc(Cl)ccc21.CN(C)CCC(c1ccc(Cl)cc1)c1ccccn1.CN(C)CCO[C@](C)(c1ccccc1)c1ccccn1.C[C@@H](NCCc1ccc(O)cc1)[C@@H](O)c1ccc(O)cc1.Clc1ccc2nsnc2c1NC1=NCCN1.NCC(CC(=O)O)c1ccc(Cl)cc1.NC[C@@H](CC(=O)O)c1ccc(Cl)cc1. The minimum atomic E-state index is -0.838. The summed E-state index contributed by atoms with van der Waals surface area (Å²) in [7, 11) is 8.28. The number of anilines is 2. The number of carboxylic acid groups (broad SMARTS) is 2. The lowest BCUT2D eigenvalue weighted by Gasteiger charge is -2.30. The highest BCUT2D eigenvalue weighted by molar-refractivity contribution is 7.00. The predicted molar refractivity (Wildman–Crippen MR) is 531 cm³/mol. The molecule has 12 N–H and O–H groups in total. The van der Waals surface area contributed by atoms with Crippen LogP contribution in [-0.2, 0) is 31.1 Å². The number of benzene rings is 9. The van der Waals surface area contributed by atoms with Gasteiger partial charge >= 0.3 is 11.9 Å². The van der Waals surface area contributed by atoms with E-state index in [0.29, 0.717) is 69.1 Å². The fourth-order valence-corrected chi connectivity index (χ4v) is 15.2. The molecular formula is C100H117Cl5FN15O9S. The number of carbonyl (C=O) groups is 3. The Kier molecular flexibility index (Phi) is 44.6. The van der Waals surface area contributed by atoms with Crippen LogP contribution < -0.4 is 32.3 Å². The van der Waals surface area contributed by atoms with Crippen molar-refractivity contribution < 1.29 is 49.0 Å². The number of aliphatic hydroxyl groups excluding tert-OH is 1. The summed E-state index contributed by atoms with van der Waals surface area (Å²) in [5.74, 6) is -0.895. The number of phenols is 2. The average Bonchev–Trinajstić information content (AvgIpc) is 1.50. The summed E-state index contributed by atoms with van der Waals surface area (Å²) in [6, 6.07) is 73.6. The van der Waals surface area contributed by atoms with Crippen LogP contribution in [0.5, 0.6) is 11.5 Å². The van der Waals surface area contributed by atoms with Gasteiger partial charge in [-0.2, -0.15) is 8.75 Å². The largest absolute Gasteiger partial charge is 0.508 e. The summed E-state index contributed by atoms with van der Waals surface area (Å²) in [5, 5.41) is 58.8. The molecule has 2 aliphatic rings. The normalized spacial score (nSPS) is 13.6. The standard InChI is InChI=1S/C21H23ClFN3O.C17H22N2O.C17H21NO3.C16H19ClN2.2C10H12ClNO2.C9H8ClN5S/c1-3-25(4-2)11-12-26-19-10-9-15(22)13-17(19)21(24-14-20(26)27)16-7-5-6-8-18(16)23;1-17(20-14-13-19(2)3,15-9-5-4-6-10-15)16-11-7-8-12-18-16;1-12(17(21)14-4-8-16(20)9-5-14)18-11-10-13-2-6-15(19)7-3-13;1-19(2)12-10-15(16-5-3-4-11-18-16)13-6-8-14(17)9-7-13;2*11-9-3-1-7(2-4-9)8(6-12)5-10(13)14;10-5-1-2-6-8(15-16-14-6)7(5)13-9-11-3-4-12-9/h5-10,13H,3-4,11-12,14H2,1-2H3;4-12H,13-14H2,1-3H3;2-9,12,17-21H,10-11H2,1H3;3-9,11,15H,10,12H2,1-2H3;2*1-4,8H,5-6,12H2,(H,13,14);1-2H,3-4H2,(H2,11,12,13)/t;17-;12-,17-;;8-;;/m.11.1../s1. The Morgan fingerprint density at radius 3 is 1.71 bits per heavy atom. The van der Waals surface area contributed by atoms with Crippen molar-refractivity contribution in [1.82, 2.24) is 44.0 Å². The lowest BCUT2D eigenvalue weighted by Crippen LogP contribution is -2.39. The van der Waals surface area contributed by atoms with Crippen LogP contribution in [0.3, 0.4) is 0 Å². The number of aliphatic hydroxyl groups is 1. The molecule has 6 atom stereocenters. The van der Waals surface area contributed by atoms with Crippen molar-refractivity contribution in [3.05, 3.63) is 342 Å². The van der Waals surface area contributed by atoms with Gasteiger partial charge in [0, 0.05) is 99.3 Å². The molecule has 0 aliphatic carbocycles. The number of carboxylic acids is 2. The Bertz CT molecular complexity index is 5390. The molecular weight excluding hydrogens is 1780 g/mol. The minimum absolute atomic E-state index is 0.0196. The van der Waals surface area contributed by atoms with E-state index < -0.39 is 23.6 Å². The van der Waals surface area contributed by atoms with E-state index in [4.69, 9.17) is 84.4 Å². The van der Waals surface area contributed by atoms with Crippen LogP contribution in [0.1, 0.15) is 127 Å². The molecule has 2 aliphatic heterocycles. The van der Waals surface area contributed by atoms with Crippen LogP contribution in [0.25, 0.3) is 11.0 Å². The summed E-state index contributed by atoms with van der Waals surface area (Å²) < 4.78 is 29.0. The summed E-state index contributed by atoms with van der Waals surface area (Å²) in [6.45, 7) is 16.9. The van der Waals surface area contributed by atoms with Gasteiger partial charge in [0.1, 0.15) is 40.5 Å². The number of pyridine rings is 2. The lowest BCUT2D eigenvalue weighted by molar-refractivity contribution is -0.138. The van der Waals surface area contributed by atoms with Gasteiger partial charge in [-0.15, -0.1) is 0 Å². The minimum Gasteiger partial charge on any atom is -0.508 e. The fraction of sp³-hybridized carbons (Fsp3) is 0.310. The van der Waals surface area contributed by atoms with Crippen molar-refractivity contribution in [3.8, 4) is 11.5 Å². The van der Waals surface area contributed by atoms with Gasteiger partial charge < -0.3 is 77.3 Å². The second-order valence-electron chi connectivity index (χ2n) is 31.3. The molecule has 0 spiro atoms. The van der Waals surface area contributed by atoms with Gasteiger partial charge in [-0.05, 0) is 255 Å². The number of halogens is 6. The molecule has 1 amide bonds. The summed E-state index contributed by atoms with van der Waals surface area (Å²) in [5.41, 5.74) is 23.3. The van der Waals surface area contributed by atoms with Gasteiger partial charge in [0.15, 0.2) is 5.96 Å². The Morgan fingerprint density at radius 1 is 0.626 bits per heavy atom. The molecule has 0 saturated carbocycles. The molecule has 0 bridgehead atoms. The fourth-order valence-electron chi connectivity index (χ4n) is 13.9. The van der Waals surface area contributed by atoms with E-state index in [0.717, 1.165) is 138 Å². The second kappa shape index (κ2) is 55.4. The molecule has 3 aromatic heterocycles. The first kappa shape index (κ1) is 105. The van der Waals surface area contributed by atoms with Crippen molar-refractivity contribution >= 4 is 122 Å². The number of amides is 1. The van der Waals surface area contributed by atoms with Crippen LogP contribution in [0.2, 0.25) is 25.1 Å². The Labute approximate surface area is 796 Å². The molecule has 131 heavy (non-hydrogen) atoms. The molecule has 2 unspecified atom stereocenters. The van der Waals surface area contributed by atoms with Crippen LogP contribution in [0.15, 0.2) is 265 Å². The molecule has 31 heteroatoms. The average molecular weight is 1900 g/mol. The Balaban J connectivity index is 0.000000191. The van der Waals surface area contributed by atoms with Gasteiger partial charge in [0.2, 0.25) is 5.91 Å². The number of aromatic nitrogens is 4. The number of rotatable bonds is 32. The zero-order chi connectivity index (χ0) is 94.8. The highest BCUT2D eigenvalue weighted by Crippen LogP contribution is 2.36. The van der Waals surface area contributed by atoms with Crippen LogP contribution in [0, 0.1) is 5.82 Å². The van der Waals surface area contributed by atoms with E-state index in [1.54, 1.807) is 95.9 Å². The third-order valence-electron chi connectivity index (χ3n) is 21.3. The molecule has 0 radical (unpaired) electrons.